The average Bonchev–Trinajstić information content (AvgIpc) is 3.17. The lowest BCUT2D eigenvalue weighted by Gasteiger charge is -2.40. The highest BCUT2D eigenvalue weighted by Gasteiger charge is 2.67. The van der Waals surface area contributed by atoms with Gasteiger partial charge in [-0.25, -0.2) is 17.2 Å². The summed E-state index contributed by atoms with van der Waals surface area (Å²) in [4.78, 5) is 12.8. The Morgan fingerprint density at radius 1 is 1.02 bits per heavy atom. The van der Waals surface area contributed by atoms with Crippen molar-refractivity contribution in [1.82, 2.24) is 5.32 Å². The minimum Gasteiger partial charge on any atom is -0.390 e. The van der Waals surface area contributed by atoms with E-state index in [2.05, 4.69) is 5.32 Å². The summed E-state index contributed by atoms with van der Waals surface area (Å²) in [7, 11) is -4.40. The van der Waals surface area contributed by atoms with Crippen molar-refractivity contribution in [3.63, 3.8) is 0 Å². The van der Waals surface area contributed by atoms with Crippen LogP contribution in [0.4, 0.5) is 27.6 Å². The van der Waals surface area contributed by atoms with E-state index in [1.165, 1.54) is 12.1 Å². The molecule has 14 heteroatoms. The summed E-state index contributed by atoms with van der Waals surface area (Å²) in [5.74, 6) is -5.19. The van der Waals surface area contributed by atoms with Crippen LogP contribution in [0.5, 0.6) is 0 Å². The number of nitrogens with zero attached hydrogens (tertiary/aromatic N) is 1. The molecule has 0 bridgehead atoms. The van der Waals surface area contributed by atoms with Crippen LogP contribution >= 0.6 is 0 Å². The Hall–Kier alpha value is -2.81. The van der Waals surface area contributed by atoms with Crippen molar-refractivity contribution in [2.75, 3.05) is 4.31 Å². The lowest BCUT2D eigenvalue weighted by Crippen LogP contribution is -2.54. The first-order chi connectivity index (χ1) is 18.9. The number of fused-ring (bicyclic) bond motifs is 1. The van der Waals surface area contributed by atoms with E-state index in [1.807, 2.05) is 0 Å². The Morgan fingerprint density at radius 3 is 2.15 bits per heavy atom. The van der Waals surface area contributed by atoms with E-state index in [0.29, 0.717) is 6.07 Å². The number of carbonyl (C=O) groups excluding carboxylic acids is 1. The fourth-order valence-corrected chi connectivity index (χ4v) is 7.19. The molecule has 1 aliphatic heterocycles. The zero-order valence-corrected chi connectivity index (χ0v) is 23.0. The second kappa shape index (κ2) is 10.8. The van der Waals surface area contributed by atoms with Crippen molar-refractivity contribution in [3.8, 4) is 0 Å². The van der Waals surface area contributed by atoms with E-state index < -0.39 is 63.5 Å². The molecule has 5 atom stereocenters. The van der Waals surface area contributed by atoms with Gasteiger partial charge in [-0.2, -0.15) is 13.2 Å². The number of hydrogen-bond acceptors (Lipinski definition) is 6. The van der Waals surface area contributed by atoms with E-state index >= 15 is 0 Å². The molecule has 2 aliphatic rings. The molecule has 4 N–H and O–H groups in total. The van der Waals surface area contributed by atoms with Gasteiger partial charge in [0.15, 0.2) is 0 Å². The summed E-state index contributed by atoms with van der Waals surface area (Å²) in [6.07, 6.45) is -8.01. The molecular weight excluding hydrogens is 575 g/mol. The van der Waals surface area contributed by atoms with Gasteiger partial charge in [0, 0.05) is 19.4 Å². The molecule has 1 heterocycles. The maximum absolute atomic E-state index is 14.2. The summed E-state index contributed by atoms with van der Waals surface area (Å²) in [6, 6.07) is 6.52. The van der Waals surface area contributed by atoms with Gasteiger partial charge in [-0.1, -0.05) is 29.8 Å². The first-order valence-corrected chi connectivity index (χ1v) is 14.4. The molecule has 0 aromatic heterocycles. The molecule has 8 nitrogen and oxygen atoms in total. The number of carbonyl (C=O) groups is 1. The quantitative estimate of drug-likeness (QED) is 0.359. The van der Waals surface area contributed by atoms with Crippen molar-refractivity contribution >= 4 is 21.6 Å². The van der Waals surface area contributed by atoms with Gasteiger partial charge in [0.1, 0.15) is 0 Å². The second-order valence-electron chi connectivity index (χ2n) is 10.8. The number of hydrogen-bond donors (Lipinski definition) is 4. The molecule has 226 valence electrons. The highest BCUT2D eigenvalue weighted by atomic mass is 32.2. The lowest BCUT2D eigenvalue weighted by molar-refractivity contribution is -0.335. The molecule has 2 aromatic rings. The van der Waals surface area contributed by atoms with Gasteiger partial charge >= 0.3 is 6.18 Å². The third-order valence-corrected chi connectivity index (χ3v) is 9.60. The van der Waals surface area contributed by atoms with Crippen molar-refractivity contribution < 1.29 is 50.5 Å². The van der Waals surface area contributed by atoms with Crippen LogP contribution in [0, 0.1) is 6.92 Å². The van der Waals surface area contributed by atoms with Crippen LogP contribution in [0.2, 0.25) is 0 Å². The van der Waals surface area contributed by atoms with Crippen LogP contribution in [-0.2, 0) is 26.8 Å². The summed E-state index contributed by atoms with van der Waals surface area (Å²) in [6.45, 7) is 1.69. The zero-order chi connectivity index (χ0) is 30.5. The molecule has 0 radical (unpaired) electrons. The van der Waals surface area contributed by atoms with Crippen LogP contribution in [0.3, 0.4) is 0 Å². The SMILES string of the molecule is Cc1ccc(S(=O)(=O)N2c3ccc(C(O)(C(C)(F)F)C(F)(F)F)cc3CC[C@H]2CC(=O)NC2C[C@@H](O)[C@@H](O)C2)cc1. The van der Waals surface area contributed by atoms with Crippen LogP contribution in [-0.4, -0.2) is 66.0 Å². The van der Waals surface area contributed by atoms with Crippen molar-refractivity contribution in [1.29, 1.82) is 0 Å². The maximum Gasteiger partial charge on any atom is 0.427 e. The Bertz CT molecular complexity index is 1370. The van der Waals surface area contributed by atoms with Crippen molar-refractivity contribution in [3.05, 3.63) is 59.2 Å². The Morgan fingerprint density at radius 2 is 1.61 bits per heavy atom. The lowest BCUT2D eigenvalue weighted by atomic mass is 9.84. The fraction of sp³-hybridized carbons (Fsp3) is 0.519. The smallest absolute Gasteiger partial charge is 0.390 e. The average molecular weight is 607 g/mol. The number of nitrogens with one attached hydrogen (secondary N) is 1. The largest absolute Gasteiger partial charge is 0.427 e. The highest BCUT2D eigenvalue weighted by Crippen LogP contribution is 2.50. The molecule has 0 saturated heterocycles. The number of amides is 1. The predicted molar refractivity (Wildman–Crippen MR) is 138 cm³/mol. The van der Waals surface area contributed by atoms with Gasteiger partial charge in [0.25, 0.3) is 15.9 Å². The molecule has 4 rings (SSSR count). The molecule has 1 fully saturated rings. The molecule has 0 spiro atoms. The topological polar surface area (TPSA) is 127 Å². The van der Waals surface area contributed by atoms with Gasteiger partial charge in [-0.15, -0.1) is 0 Å². The van der Waals surface area contributed by atoms with E-state index in [-0.39, 0.29) is 55.2 Å². The third kappa shape index (κ3) is 5.79. The number of halogens is 5. The summed E-state index contributed by atoms with van der Waals surface area (Å²) < 4.78 is 98.2. The monoisotopic (exact) mass is 606 g/mol. The minimum atomic E-state index is -5.75. The van der Waals surface area contributed by atoms with E-state index in [0.717, 1.165) is 22.0 Å². The first-order valence-electron chi connectivity index (χ1n) is 12.9. The van der Waals surface area contributed by atoms with Gasteiger partial charge in [0.05, 0.1) is 28.8 Å². The fourth-order valence-electron chi connectivity index (χ4n) is 5.47. The molecule has 1 amide bonds. The number of anilines is 1. The van der Waals surface area contributed by atoms with Crippen LogP contribution in [0.25, 0.3) is 0 Å². The van der Waals surface area contributed by atoms with Gasteiger partial charge < -0.3 is 20.6 Å². The third-order valence-electron chi connectivity index (χ3n) is 7.72. The van der Waals surface area contributed by atoms with E-state index in [1.54, 1.807) is 19.1 Å². The van der Waals surface area contributed by atoms with Crippen LogP contribution in [0.15, 0.2) is 47.4 Å². The number of rotatable bonds is 7. The Labute approximate surface area is 233 Å². The first kappa shape index (κ1) is 31.1. The number of benzene rings is 2. The predicted octanol–water partition coefficient (Wildman–Crippen LogP) is 3.30. The number of aryl methyl sites for hydroxylation is 2. The molecule has 1 saturated carbocycles. The van der Waals surface area contributed by atoms with E-state index in [9.17, 15) is 50.5 Å². The summed E-state index contributed by atoms with van der Waals surface area (Å²) >= 11 is 0. The second-order valence-corrected chi connectivity index (χ2v) is 12.6. The number of alkyl halides is 5. The standard InChI is InChI=1S/C27H31F5N2O6S/c1-15-3-8-20(9-4-15)41(39,40)34-19(14-24(37)33-18-12-22(35)23(36)13-18)7-5-16-11-17(6-10-21(16)34)26(38,25(2,28)29)27(30,31)32/h3-4,6,8-11,18-19,22-23,35-36,38H,5,7,12-14H2,1-2H3,(H,33,37)/t18?,19-,22-,23+,26?/m0/s1. The Kier molecular flexibility index (Phi) is 8.19. The van der Waals surface area contributed by atoms with Crippen molar-refractivity contribution in [2.24, 2.45) is 0 Å². The zero-order valence-electron chi connectivity index (χ0n) is 22.2. The Balaban J connectivity index is 1.75. The van der Waals surface area contributed by atoms with E-state index in [4.69, 9.17) is 0 Å². The summed E-state index contributed by atoms with van der Waals surface area (Å²) in [5, 5.41) is 32.4. The number of sulfonamides is 1. The van der Waals surface area contributed by atoms with Crippen LogP contribution < -0.4 is 9.62 Å². The minimum absolute atomic E-state index is 0.0243. The molecule has 2 aromatic carbocycles. The normalized spacial score (nSPS) is 25.0. The maximum atomic E-state index is 14.2. The highest BCUT2D eigenvalue weighted by molar-refractivity contribution is 7.92. The van der Waals surface area contributed by atoms with Crippen LogP contribution in [0.1, 0.15) is 49.3 Å². The van der Waals surface area contributed by atoms with Crippen molar-refractivity contribution in [2.45, 2.75) is 92.8 Å². The summed E-state index contributed by atoms with van der Waals surface area (Å²) in [5.41, 5.74) is -5.03. The van der Waals surface area contributed by atoms with Gasteiger partial charge in [-0.3, -0.25) is 9.10 Å². The molecular formula is C27H31F5N2O6S. The number of aliphatic hydroxyl groups excluding tert-OH is 2. The number of aliphatic hydroxyl groups is 3. The van der Waals surface area contributed by atoms with Gasteiger partial charge in [-0.05, 0) is 61.9 Å². The van der Waals surface area contributed by atoms with Gasteiger partial charge in [0.2, 0.25) is 11.5 Å². The molecule has 41 heavy (non-hydrogen) atoms. The molecule has 1 aliphatic carbocycles. The molecule has 2 unspecified atom stereocenters.